The minimum Gasteiger partial charge on any atom is -0.383 e. The number of fused-ring (bicyclic) bond motifs is 1. The van der Waals surface area contributed by atoms with E-state index in [1.54, 1.807) is 0 Å². The molecule has 19 heavy (non-hydrogen) atoms. The molecule has 5 heteroatoms. The number of nitrogens with zero attached hydrogens (tertiary/aromatic N) is 3. The second kappa shape index (κ2) is 4.59. The first-order chi connectivity index (χ1) is 9.15. The van der Waals surface area contributed by atoms with Gasteiger partial charge in [0.15, 0.2) is 5.65 Å². The van der Waals surface area contributed by atoms with Crippen molar-refractivity contribution < 1.29 is 0 Å². The van der Waals surface area contributed by atoms with Gasteiger partial charge < -0.3 is 5.73 Å². The summed E-state index contributed by atoms with van der Waals surface area (Å²) in [6.07, 6.45) is 0. The molecule has 0 saturated heterocycles. The van der Waals surface area contributed by atoms with Crippen LogP contribution in [0.1, 0.15) is 5.56 Å². The van der Waals surface area contributed by atoms with E-state index in [0.717, 1.165) is 22.2 Å². The standard InChI is InChI=1S/C14H11BrN4/c1-8-7-10(9-5-3-2-4-6-9)17-13-11(8)12(16)18-14(15)19-13/h2-7H,1H3,(H2,16,17,18,19). The molecule has 4 nitrogen and oxygen atoms in total. The summed E-state index contributed by atoms with van der Waals surface area (Å²) in [5, 5.41) is 0.808. The van der Waals surface area contributed by atoms with E-state index in [9.17, 15) is 0 Å². The lowest BCUT2D eigenvalue weighted by atomic mass is 10.1. The molecule has 0 aliphatic rings. The third kappa shape index (κ3) is 2.17. The molecule has 2 N–H and O–H groups in total. The van der Waals surface area contributed by atoms with Gasteiger partial charge in [-0.2, -0.15) is 0 Å². The van der Waals surface area contributed by atoms with Gasteiger partial charge in [-0.15, -0.1) is 0 Å². The fourth-order valence-corrected chi connectivity index (χ4v) is 2.44. The van der Waals surface area contributed by atoms with Crippen molar-refractivity contribution in [2.45, 2.75) is 6.92 Å². The highest BCUT2D eigenvalue weighted by Crippen LogP contribution is 2.26. The molecule has 1 aromatic carbocycles. The summed E-state index contributed by atoms with van der Waals surface area (Å²) in [6.45, 7) is 1.99. The Morgan fingerprint density at radius 1 is 1.05 bits per heavy atom. The maximum atomic E-state index is 5.93. The Bertz CT molecular complexity index is 756. The number of nitrogens with two attached hydrogens (primary N) is 1. The van der Waals surface area contributed by atoms with Crippen LogP contribution in [-0.2, 0) is 0 Å². The van der Waals surface area contributed by atoms with Crippen molar-refractivity contribution in [3.8, 4) is 11.3 Å². The summed E-state index contributed by atoms with van der Waals surface area (Å²) in [5.74, 6) is 0.446. The number of pyridine rings is 1. The van der Waals surface area contributed by atoms with Crippen LogP contribution in [0.4, 0.5) is 5.82 Å². The first-order valence-electron chi connectivity index (χ1n) is 5.81. The van der Waals surface area contributed by atoms with Gasteiger partial charge in [0, 0.05) is 5.56 Å². The average molecular weight is 315 g/mol. The highest BCUT2D eigenvalue weighted by atomic mass is 79.9. The van der Waals surface area contributed by atoms with E-state index in [2.05, 4.69) is 30.9 Å². The van der Waals surface area contributed by atoms with Crippen LogP contribution in [0.3, 0.4) is 0 Å². The molecule has 2 aromatic heterocycles. The lowest BCUT2D eigenvalue weighted by molar-refractivity contribution is 1.13. The van der Waals surface area contributed by atoms with Gasteiger partial charge in [-0.25, -0.2) is 15.0 Å². The van der Waals surface area contributed by atoms with E-state index in [-0.39, 0.29) is 0 Å². The fraction of sp³-hybridized carbons (Fsp3) is 0.0714. The molecule has 94 valence electrons. The van der Waals surface area contributed by atoms with E-state index < -0.39 is 0 Å². The first kappa shape index (κ1) is 12.0. The molecule has 0 unspecified atom stereocenters. The largest absolute Gasteiger partial charge is 0.383 e. The van der Waals surface area contributed by atoms with Crippen molar-refractivity contribution in [2.75, 3.05) is 5.73 Å². The number of hydrogen-bond acceptors (Lipinski definition) is 4. The van der Waals surface area contributed by atoms with Crippen LogP contribution in [0.15, 0.2) is 41.1 Å². The van der Waals surface area contributed by atoms with Crippen molar-refractivity contribution in [3.63, 3.8) is 0 Å². The first-order valence-corrected chi connectivity index (χ1v) is 6.60. The maximum absolute atomic E-state index is 5.93. The number of aromatic nitrogens is 3. The van der Waals surface area contributed by atoms with Crippen LogP contribution in [0.5, 0.6) is 0 Å². The van der Waals surface area contributed by atoms with Crippen LogP contribution >= 0.6 is 15.9 Å². The predicted octanol–water partition coefficient (Wildman–Crippen LogP) is 3.34. The molecule has 3 rings (SSSR count). The van der Waals surface area contributed by atoms with Crippen molar-refractivity contribution >= 4 is 32.8 Å². The van der Waals surface area contributed by atoms with Gasteiger partial charge in [-0.05, 0) is 34.5 Å². The Labute approximate surface area is 118 Å². The minimum absolute atomic E-state index is 0.446. The second-order valence-electron chi connectivity index (χ2n) is 4.27. The molecule has 0 spiro atoms. The Balaban J connectivity index is 2.31. The van der Waals surface area contributed by atoms with Gasteiger partial charge in [0.1, 0.15) is 5.82 Å². The van der Waals surface area contributed by atoms with E-state index in [0.29, 0.717) is 16.2 Å². The normalized spacial score (nSPS) is 10.8. The van der Waals surface area contributed by atoms with Gasteiger partial charge in [0.2, 0.25) is 4.73 Å². The quantitative estimate of drug-likeness (QED) is 0.700. The van der Waals surface area contributed by atoms with Crippen LogP contribution in [0.2, 0.25) is 0 Å². The molecule has 0 radical (unpaired) electrons. The van der Waals surface area contributed by atoms with E-state index in [4.69, 9.17) is 5.73 Å². The second-order valence-corrected chi connectivity index (χ2v) is 4.98. The zero-order valence-corrected chi connectivity index (χ0v) is 11.8. The molecule has 0 fully saturated rings. The highest BCUT2D eigenvalue weighted by molar-refractivity contribution is 9.10. The van der Waals surface area contributed by atoms with Crippen LogP contribution in [0.25, 0.3) is 22.3 Å². The summed E-state index contributed by atoms with van der Waals surface area (Å²) < 4.78 is 0.453. The average Bonchev–Trinajstić information content (AvgIpc) is 2.38. The maximum Gasteiger partial charge on any atom is 0.200 e. The summed E-state index contributed by atoms with van der Waals surface area (Å²) in [7, 11) is 0. The molecule has 2 heterocycles. The monoisotopic (exact) mass is 314 g/mol. The van der Waals surface area contributed by atoms with Crippen LogP contribution < -0.4 is 5.73 Å². The lowest BCUT2D eigenvalue weighted by Gasteiger charge is -2.08. The predicted molar refractivity (Wildman–Crippen MR) is 79.6 cm³/mol. The Morgan fingerprint density at radius 2 is 1.79 bits per heavy atom. The number of rotatable bonds is 1. The number of anilines is 1. The molecular weight excluding hydrogens is 304 g/mol. The third-order valence-corrected chi connectivity index (χ3v) is 3.29. The van der Waals surface area contributed by atoms with E-state index >= 15 is 0 Å². The van der Waals surface area contributed by atoms with E-state index in [1.807, 2.05) is 43.3 Å². The Kier molecular flexibility index (Phi) is 2.91. The summed E-state index contributed by atoms with van der Waals surface area (Å²) in [4.78, 5) is 13.0. The molecule has 0 aliphatic heterocycles. The Morgan fingerprint density at radius 3 is 2.53 bits per heavy atom. The van der Waals surface area contributed by atoms with E-state index in [1.165, 1.54) is 0 Å². The molecule has 3 aromatic rings. The zero-order chi connectivity index (χ0) is 13.4. The molecule has 0 atom stereocenters. The SMILES string of the molecule is Cc1cc(-c2ccccc2)nc2nc(Br)nc(N)c12. The summed E-state index contributed by atoms with van der Waals surface area (Å²) >= 11 is 3.25. The third-order valence-electron chi connectivity index (χ3n) is 2.93. The Hall–Kier alpha value is -2.01. The lowest BCUT2D eigenvalue weighted by Crippen LogP contribution is -1.99. The molecule has 0 saturated carbocycles. The fourth-order valence-electron chi connectivity index (χ4n) is 2.08. The number of hydrogen-bond donors (Lipinski definition) is 1. The number of aryl methyl sites for hydroxylation is 1. The minimum atomic E-state index is 0.446. The molecule has 0 amide bonds. The summed E-state index contributed by atoms with van der Waals surface area (Å²) in [6, 6.07) is 12.0. The topological polar surface area (TPSA) is 64.7 Å². The van der Waals surface area contributed by atoms with Gasteiger partial charge >= 0.3 is 0 Å². The van der Waals surface area contributed by atoms with Crippen LogP contribution in [0, 0.1) is 6.92 Å². The molecule has 0 bridgehead atoms. The summed E-state index contributed by atoms with van der Waals surface area (Å²) in [5.41, 5.74) is 9.50. The van der Waals surface area contributed by atoms with Gasteiger partial charge in [-0.1, -0.05) is 30.3 Å². The van der Waals surface area contributed by atoms with Crippen LogP contribution in [-0.4, -0.2) is 15.0 Å². The van der Waals surface area contributed by atoms with Crippen molar-refractivity contribution in [1.29, 1.82) is 0 Å². The zero-order valence-electron chi connectivity index (χ0n) is 10.3. The molecule has 0 aliphatic carbocycles. The number of benzene rings is 1. The van der Waals surface area contributed by atoms with Crippen molar-refractivity contribution in [1.82, 2.24) is 15.0 Å². The smallest absolute Gasteiger partial charge is 0.200 e. The highest BCUT2D eigenvalue weighted by Gasteiger charge is 2.10. The molecular formula is C14H11BrN4. The van der Waals surface area contributed by atoms with Gasteiger partial charge in [0.05, 0.1) is 11.1 Å². The number of halogens is 1. The number of nitrogen functional groups attached to an aromatic ring is 1. The van der Waals surface area contributed by atoms with Crippen molar-refractivity contribution in [2.24, 2.45) is 0 Å². The van der Waals surface area contributed by atoms with Gasteiger partial charge in [0.25, 0.3) is 0 Å². The van der Waals surface area contributed by atoms with Crippen molar-refractivity contribution in [3.05, 3.63) is 46.7 Å². The van der Waals surface area contributed by atoms with Gasteiger partial charge in [-0.3, -0.25) is 0 Å².